The van der Waals surface area contributed by atoms with E-state index in [1.165, 1.54) is 0 Å². The molecule has 2 heterocycles. The second-order valence-corrected chi connectivity index (χ2v) is 9.43. The van der Waals surface area contributed by atoms with Crippen molar-refractivity contribution in [1.82, 2.24) is 9.80 Å². The minimum absolute atomic E-state index is 0.00681. The standard InChI is InChI=1S/C21H29IN2O4/c1-21(2,3)28-20(26)24-12-16(11-22)17-9-10-23(13-18(17)24)19(25)27-14-15-7-5-4-6-8-15/h4-8,16-18H,9-14H2,1-3H3/t16-,17+,18+/m0/s1. The highest BCUT2D eigenvalue weighted by Gasteiger charge is 2.48. The average molecular weight is 500 g/mol. The molecule has 2 saturated heterocycles. The molecule has 0 unspecified atom stereocenters. The van der Waals surface area contributed by atoms with E-state index in [0.29, 0.717) is 31.5 Å². The zero-order valence-corrected chi connectivity index (χ0v) is 18.9. The number of rotatable bonds is 3. The van der Waals surface area contributed by atoms with Gasteiger partial charge in [0.25, 0.3) is 0 Å². The largest absolute Gasteiger partial charge is 0.445 e. The van der Waals surface area contributed by atoms with Crippen molar-refractivity contribution in [2.24, 2.45) is 11.8 Å². The first-order valence-corrected chi connectivity index (χ1v) is 11.3. The first-order valence-electron chi connectivity index (χ1n) is 9.79. The Hall–Kier alpha value is -1.51. The van der Waals surface area contributed by atoms with E-state index >= 15 is 0 Å². The van der Waals surface area contributed by atoms with E-state index in [-0.39, 0.29) is 24.8 Å². The van der Waals surface area contributed by atoms with Crippen LogP contribution in [0.3, 0.4) is 0 Å². The molecule has 2 amide bonds. The molecule has 2 fully saturated rings. The number of likely N-dealkylation sites (tertiary alicyclic amines) is 2. The maximum absolute atomic E-state index is 12.7. The molecule has 0 bridgehead atoms. The Balaban J connectivity index is 1.63. The predicted octanol–water partition coefficient (Wildman–Crippen LogP) is 4.32. The fraction of sp³-hybridized carbons (Fsp3) is 0.619. The van der Waals surface area contributed by atoms with Crippen LogP contribution < -0.4 is 0 Å². The van der Waals surface area contributed by atoms with Crippen LogP contribution in [0, 0.1) is 11.8 Å². The number of amides is 2. The fourth-order valence-electron chi connectivity index (χ4n) is 4.02. The molecule has 6 nitrogen and oxygen atoms in total. The van der Waals surface area contributed by atoms with Gasteiger partial charge in [-0.05, 0) is 44.6 Å². The van der Waals surface area contributed by atoms with Crippen molar-refractivity contribution >= 4 is 34.8 Å². The summed E-state index contributed by atoms with van der Waals surface area (Å²) in [5.74, 6) is 0.850. The second-order valence-electron chi connectivity index (χ2n) is 8.55. The summed E-state index contributed by atoms with van der Waals surface area (Å²) in [6.45, 7) is 7.76. The molecule has 7 heteroatoms. The summed E-state index contributed by atoms with van der Waals surface area (Å²) < 4.78 is 12.1. The SMILES string of the molecule is CC(C)(C)OC(=O)N1C[C@H](CI)[C@H]2CCN(C(=O)OCc3ccccc3)C[C@H]21. The lowest BCUT2D eigenvalue weighted by atomic mass is 9.86. The average Bonchev–Trinajstić information content (AvgIpc) is 3.03. The van der Waals surface area contributed by atoms with Crippen molar-refractivity contribution in [2.45, 2.75) is 45.4 Å². The first kappa shape index (κ1) is 21.2. The van der Waals surface area contributed by atoms with E-state index in [1.54, 1.807) is 4.90 Å². The Kier molecular flexibility index (Phi) is 6.73. The third-order valence-corrected chi connectivity index (χ3v) is 6.49. The molecule has 0 spiro atoms. The van der Waals surface area contributed by atoms with Crippen molar-refractivity contribution < 1.29 is 19.1 Å². The summed E-state index contributed by atoms with van der Waals surface area (Å²) in [5.41, 5.74) is 0.435. The van der Waals surface area contributed by atoms with Crippen LogP contribution >= 0.6 is 22.6 Å². The number of fused-ring (bicyclic) bond motifs is 1. The minimum atomic E-state index is -0.530. The van der Waals surface area contributed by atoms with Gasteiger partial charge in [0.2, 0.25) is 0 Å². The van der Waals surface area contributed by atoms with Gasteiger partial charge in [-0.1, -0.05) is 52.9 Å². The molecule has 3 atom stereocenters. The van der Waals surface area contributed by atoms with Gasteiger partial charge < -0.3 is 19.3 Å². The lowest BCUT2D eigenvalue weighted by Gasteiger charge is -2.38. The quantitative estimate of drug-likeness (QED) is 0.459. The summed E-state index contributed by atoms with van der Waals surface area (Å²) in [7, 11) is 0. The molecule has 0 aliphatic carbocycles. The van der Waals surface area contributed by atoms with Gasteiger partial charge >= 0.3 is 12.2 Å². The molecular weight excluding hydrogens is 471 g/mol. The third kappa shape index (κ3) is 5.10. The zero-order chi connectivity index (χ0) is 20.3. The number of nitrogens with zero attached hydrogens (tertiary/aromatic N) is 2. The summed E-state index contributed by atoms with van der Waals surface area (Å²) in [4.78, 5) is 28.9. The molecule has 0 radical (unpaired) electrons. The van der Waals surface area contributed by atoms with Crippen LogP contribution in [-0.2, 0) is 16.1 Å². The maximum Gasteiger partial charge on any atom is 0.410 e. The van der Waals surface area contributed by atoms with Gasteiger partial charge in [0.1, 0.15) is 12.2 Å². The fourth-order valence-corrected chi connectivity index (χ4v) is 4.95. The third-order valence-electron chi connectivity index (χ3n) is 5.36. The Bertz CT molecular complexity index is 691. The number of halogens is 1. The highest BCUT2D eigenvalue weighted by Crippen LogP contribution is 2.38. The van der Waals surface area contributed by atoms with Gasteiger partial charge in [-0.3, -0.25) is 0 Å². The highest BCUT2D eigenvalue weighted by atomic mass is 127. The maximum atomic E-state index is 12.7. The summed E-state index contributed by atoms with van der Waals surface area (Å²) >= 11 is 2.39. The van der Waals surface area contributed by atoms with Gasteiger partial charge in [0.05, 0.1) is 6.04 Å². The van der Waals surface area contributed by atoms with E-state index in [2.05, 4.69) is 22.6 Å². The number of alkyl halides is 1. The Morgan fingerprint density at radius 3 is 2.50 bits per heavy atom. The number of piperidine rings is 1. The van der Waals surface area contributed by atoms with E-state index in [9.17, 15) is 9.59 Å². The van der Waals surface area contributed by atoms with Gasteiger partial charge in [-0.2, -0.15) is 0 Å². The molecule has 154 valence electrons. The van der Waals surface area contributed by atoms with E-state index in [4.69, 9.17) is 9.47 Å². The normalized spacial score (nSPS) is 24.6. The Morgan fingerprint density at radius 1 is 1.14 bits per heavy atom. The smallest absolute Gasteiger partial charge is 0.410 e. The number of hydrogen-bond acceptors (Lipinski definition) is 4. The summed E-state index contributed by atoms with van der Waals surface area (Å²) in [6, 6.07) is 9.65. The van der Waals surface area contributed by atoms with Gasteiger partial charge in [0.15, 0.2) is 0 Å². The second kappa shape index (κ2) is 8.88. The highest BCUT2D eigenvalue weighted by molar-refractivity contribution is 14.1. The monoisotopic (exact) mass is 500 g/mol. The van der Waals surface area contributed by atoms with Crippen molar-refractivity contribution in [1.29, 1.82) is 0 Å². The van der Waals surface area contributed by atoms with E-state index in [0.717, 1.165) is 16.4 Å². The van der Waals surface area contributed by atoms with Crippen LogP contribution in [0.4, 0.5) is 9.59 Å². The number of hydrogen-bond donors (Lipinski definition) is 0. The minimum Gasteiger partial charge on any atom is -0.445 e. The number of ether oxygens (including phenoxy) is 2. The number of carbonyl (C=O) groups is 2. The van der Waals surface area contributed by atoms with Crippen LogP contribution in [0.2, 0.25) is 0 Å². The van der Waals surface area contributed by atoms with Crippen molar-refractivity contribution in [3.8, 4) is 0 Å². The van der Waals surface area contributed by atoms with Gasteiger partial charge in [0, 0.05) is 24.1 Å². The molecule has 0 aromatic heterocycles. The van der Waals surface area contributed by atoms with Crippen molar-refractivity contribution in [2.75, 3.05) is 24.1 Å². The van der Waals surface area contributed by atoms with Gasteiger partial charge in [-0.15, -0.1) is 0 Å². The molecule has 3 rings (SSSR count). The lowest BCUT2D eigenvalue weighted by molar-refractivity contribution is 0.0107. The Morgan fingerprint density at radius 2 is 1.86 bits per heavy atom. The summed E-state index contributed by atoms with van der Waals surface area (Å²) in [6.07, 6.45) is 0.289. The molecule has 1 aromatic carbocycles. The zero-order valence-electron chi connectivity index (χ0n) is 16.8. The Labute approximate surface area is 180 Å². The van der Waals surface area contributed by atoms with Crippen LogP contribution in [0.1, 0.15) is 32.8 Å². The molecule has 1 aromatic rings. The molecule has 28 heavy (non-hydrogen) atoms. The van der Waals surface area contributed by atoms with E-state index in [1.807, 2.05) is 56.0 Å². The van der Waals surface area contributed by atoms with Crippen LogP contribution in [0.5, 0.6) is 0 Å². The molecular formula is C21H29IN2O4. The summed E-state index contributed by atoms with van der Waals surface area (Å²) in [5, 5.41) is 0. The van der Waals surface area contributed by atoms with Gasteiger partial charge in [-0.25, -0.2) is 9.59 Å². The number of carbonyl (C=O) groups excluding carboxylic acids is 2. The predicted molar refractivity (Wildman–Crippen MR) is 115 cm³/mol. The van der Waals surface area contributed by atoms with Crippen molar-refractivity contribution in [3.63, 3.8) is 0 Å². The van der Waals surface area contributed by atoms with Crippen LogP contribution in [0.25, 0.3) is 0 Å². The topological polar surface area (TPSA) is 59.1 Å². The van der Waals surface area contributed by atoms with E-state index < -0.39 is 5.60 Å². The number of benzene rings is 1. The van der Waals surface area contributed by atoms with Crippen LogP contribution in [0.15, 0.2) is 30.3 Å². The first-order chi connectivity index (χ1) is 13.3. The lowest BCUT2D eigenvalue weighted by Crippen LogP contribution is -2.52. The van der Waals surface area contributed by atoms with Crippen LogP contribution in [-0.4, -0.2) is 57.7 Å². The molecule has 2 aliphatic rings. The van der Waals surface area contributed by atoms with Crippen molar-refractivity contribution in [3.05, 3.63) is 35.9 Å². The molecule has 0 N–H and O–H groups in total. The molecule has 2 aliphatic heterocycles. The molecule has 0 saturated carbocycles.